The summed E-state index contributed by atoms with van der Waals surface area (Å²) >= 11 is 0. The van der Waals surface area contributed by atoms with E-state index in [1.807, 2.05) is 6.92 Å². The van der Waals surface area contributed by atoms with Crippen LogP contribution < -0.4 is 0 Å². The summed E-state index contributed by atoms with van der Waals surface area (Å²) < 4.78 is 30.4. The number of esters is 2. The summed E-state index contributed by atoms with van der Waals surface area (Å²) in [5.74, 6) is -0.931. The Morgan fingerprint density at radius 1 is 0.731 bits per heavy atom. The van der Waals surface area contributed by atoms with Crippen molar-refractivity contribution in [3.63, 3.8) is 0 Å². The minimum atomic E-state index is -0.336. The topological polar surface area (TPSA) is 89.5 Å². The molecule has 0 saturated carbocycles. The van der Waals surface area contributed by atoms with Gasteiger partial charge in [-0.1, -0.05) is 13.3 Å². The molecule has 0 aliphatic rings. The van der Waals surface area contributed by atoms with E-state index >= 15 is 0 Å². The van der Waals surface area contributed by atoms with Crippen LogP contribution in [0, 0.1) is 5.92 Å². The second-order valence-electron chi connectivity index (χ2n) is 5.62. The molecule has 0 aliphatic heterocycles. The normalized spacial score (nSPS) is 12.0. The van der Waals surface area contributed by atoms with Gasteiger partial charge in [0.25, 0.3) is 0 Å². The molecule has 0 rings (SSSR count). The number of rotatable bonds is 18. The molecule has 0 saturated heterocycles. The molecule has 8 heteroatoms. The van der Waals surface area contributed by atoms with Gasteiger partial charge in [-0.05, 0) is 12.8 Å². The molecule has 0 aromatic carbocycles. The predicted molar refractivity (Wildman–Crippen MR) is 94.9 cm³/mol. The zero-order valence-electron chi connectivity index (χ0n) is 16.3. The van der Waals surface area contributed by atoms with Gasteiger partial charge in [0.15, 0.2) is 0 Å². The second-order valence-corrected chi connectivity index (χ2v) is 5.62. The fourth-order valence-corrected chi connectivity index (χ4v) is 2.11. The minimum absolute atomic E-state index is 0.183. The van der Waals surface area contributed by atoms with E-state index in [0.29, 0.717) is 52.5 Å². The van der Waals surface area contributed by atoms with E-state index < -0.39 is 0 Å². The van der Waals surface area contributed by atoms with Crippen LogP contribution in [-0.4, -0.2) is 79.0 Å². The summed E-state index contributed by atoms with van der Waals surface area (Å²) in [4.78, 5) is 23.8. The van der Waals surface area contributed by atoms with Crippen molar-refractivity contribution in [1.29, 1.82) is 0 Å². The van der Waals surface area contributed by atoms with Gasteiger partial charge in [0.1, 0.15) is 13.2 Å². The highest BCUT2D eigenvalue weighted by Crippen LogP contribution is 2.16. The van der Waals surface area contributed by atoms with E-state index in [-0.39, 0.29) is 37.5 Å². The van der Waals surface area contributed by atoms with Gasteiger partial charge in [-0.2, -0.15) is 0 Å². The maximum absolute atomic E-state index is 12.1. The van der Waals surface area contributed by atoms with Gasteiger partial charge in [0.05, 0.1) is 45.6 Å². The van der Waals surface area contributed by atoms with Crippen molar-refractivity contribution in [2.24, 2.45) is 5.92 Å². The average molecular weight is 378 g/mol. The first-order valence-corrected chi connectivity index (χ1v) is 9.11. The van der Waals surface area contributed by atoms with Gasteiger partial charge >= 0.3 is 11.9 Å². The van der Waals surface area contributed by atoms with Gasteiger partial charge in [-0.15, -0.1) is 0 Å². The van der Waals surface area contributed by atoms with Gasteiger partial charge in [-0.25, -0.2) is 0 Å². The van der Waals surface area contributed by atoms with Crippen LogP contribution in [0.3, 0.4) is 0 Å². The van der Waals surface area contributed by atoms with Crippen molar-refractivity contribution >= 4 is 11.9 Å². The third kappa shape index (κ3) is 15.1. The van der Waals surface area contributed by atoms with Crippen LogP contribution in [0.25, 0.3) is 0 Å². The fraction of sp³-hybridized carbons (Fsp3) is 0.889. The molecule has 26 heavy (non-hydrogen) atoms. The Kier molecular flexibility index (Phi) is 17.7. The minimum Gasteiger partial charge on any atom is -0.463 e. The predicted octanol–water partition coefficient (Wildman–Crippen LogP) is 1.60. The molecule has 1 atom stereocenters. The Morgan fingerprint density at radius 3 is 1.81 bits per heavy atom. The third-order valence-electron chi connectivity index (χ3n) is 3.49. The Labute approximate surface area is 156 Å². The first kappa shape index (κ1) is 24.8. The third-order valence-corrected chi connectivity index (χ3v) is 3.49. The van der Waals surface area contributed by atoms with E-state index in [0.717, 1.165) is 6.42 Å². The fourth-order valence-electron chi connectivity index (χ4n) is 2.11. The molecule has 0 aliphatic carbocycles. The van der Waals surface area contributed by atoms with Crippen LogP contribution in [0.1, 0.15) is 32.6 Å². The van der Waals surface area contributed by atoms with E-state index in [1.54, 1.807) is 14.2 Å². The van der Waals surface area contributed by atoms with Crippen LogP contribution in [-0.2, 0) is 38.0 Å². The Morgan fingerprint density at radius 2 is 1.27 bits per heavy atom. The van der Waals surface area contributed by atoms with E-state index in [2.05, 4.69) is 0 Å². The summed E-state index contributed by atoms with van der Waals surface area (Å²) in [5, 5.41) is 0. The maximum atomic E-state index is 12.1. The SMILES string of the molecule is CCCC(CCC(=O)OCCOCCOC)C(=O)OCCOCCOC. The van der Waals surface area contributed by atoms with Crippen LogP contribution in [0.15, 0.2) is 0 Å². The number of hydrogen-bond donors (Lipinski definition) is 0. The summed E-state index contributed by atoms with van der Waals surface area (Å²) in [5.41, 5.74) is 0. The number of carbonyl (C=O) groups is 2. The molecule has 8 nitrogen and oxygen atoms in total. The average Bonchev–Trinajstić information content (AvgIpc) is 2.64. The van der Waals surface area contributed by atoms with Gasteiger partial charge in [0, 0.05) is 20.6 Å². The molecule has 0 heterocycles. The van der Waals surface area contributed by atoms with Gasteiger partial charge < -0.3 is 28.4 Å². The quantitative estimate of drug-likeness (QED) is 0.262. The summed E-state index contributed by atoms with van der Waals surface area (Å²) in [6, 6.07) is 0. The Bertz CT molecular complexity index is 348. The van der Waals surface area contributed by atoms with Crippen LogP contribution in [0.5, 0.6) is 0 Å². The molecule has 0 radical (unpaired) electrons. The molecule has 154 valence electrons. The van der Waals surface area contributed by atoms with Crippen LogP contribution in [0.2, 0.25) is 0 Å². The molecular weight excluding hydrogens is 344 g/mol. The largest absolute Gasteiger partial charge is 0.463 e. The molecule has 1 unspecified atom stereocenters. The number of carbonyl (C=O) groups excluding carboxylic acids is 2. The van der Waals surface area contributed by atoms with Crippen molar-refractivity contribution in [1.82, 2.24) is 0 Å². The Hall–Kier alpha value is -1.22. The second kappa shape index (κ2) is 18.6. The molecule has 0 N–H and O–H groups in total. The summed E-state index contributed by atoms with van der Waals surface area (Å²) in [6.07, 6.45) is 2.12. The lowest BCUT2D eigenvalue weighted by Gasteiger charge is -2.15. The van der Waals surface area contributed by atoms with Crippen molar-refractivity contribution in [2.45, 2.75) is 32.6 Å². The first-order chi connectivity index (χ1) is 12.7. The highest BCUT2D eigenvalue weighted by Gasteiger charge is 2.20. The van der Waals surface area contributed by atoms with Crippen LogP contribution >= 0.6 is 0 Å². The van der Waals surface area contributed by atoms with Crippen LogP contribution in [0.4, 0.5) is 0 Å². The molecular formula is C18H34O8. The summed E-state index contributed by atoms with van der Waals surface area (Å²) in [6.45, 7) is 5.00. The monoisotopic (exact) mass is 378 g/mol. The van der Waals surface area contributed by atoms with Gasteiger partial charge in [0.2, 0.25) is 0 Å². The summed E-state index contributed by atoms with van der Waals surface area (Å²) in [7, 11) is 3.19. The number of methoxy groups -OCH3 is 2. The van der Waals surface area contributed by atoms with Crippen molar-refractivity contribution in [3.05, 3.63) is 0 Å². The standard InChI is InChI=1S/C18H34O8/c1-4-5-16(18(20)26-15-13-24-11-9-22-3)6-7-17(19)25-14-12-23-10-8-21-2/h16H,4-15H2,1-3H3. The zero-order chi connectivity index (χ0) is 19.5. The first-order valence-electron chi connectivity index (χ1n) is 9.11. The van der Waals surface area contributed by atoms with Crippen molar-refractivity contribution in [2.75, 3.05) is 67.1 Å². The lowest BCUT2D eigenvalue weighted by molar-refractivity contribution is -0.151. The molecule has 0 bridgehead atoms. The van der Waals surface area contributed by atoms with E-state index in [1.165, 1.54) is 0 Å². The van der Waals surface area contributed by atoms with Crippen molar-refractivity contribution in [3.8, 4) is 0 Å². The van der Waals surface area contributed by atoms with E-state index in [4.69, 9.17) is 28.4 Å². The number of ether oxygens (including phenoxy) is 6. The highest BCUT2D eigenvalue weighted by molar-refractivity contribution is 5.74. The molecule has 0 spiro atoms. The van der Waals surface area contributed by atoms with Gasteiger partial charge in [-0.3, -0.25) is 9.59 Å². The molecule has 0 fully saturated rings. The smallest absolute Gasteiger partial charge is 0.309 e. The molecule has 0 aromatic rings. The highest BCUT2D eigenvalue weighted by atomic mass is 16.6. The van der Waals surface area contributed by atoms with E-state index in [9.17, 15) is 9.59 Å². The molecule has 0 amide bonds. The number of hydrogen-bond acceptors (Lipinski definition) is 8. The lowest BCUT2D eigenvalue weighted by Crippen LogP contribution is -2.22. The molecule has 0 aromatic heterocycles. The zero-order valence-corrected chi connectivity index (χ0v) is 16.3. The Balaban J connectivity index is 3.87. The lowest BCUT2D eigenvalue weighted by atomic mass is 9.98. The maximum Gasteiger partial charge on any atom is 0.309 e. The van der Waals surface area contributed by atoms with Crippen molar-refractivity contribution < 1.29 is 38.0 Å².